The molecule has 216 valence electrons. The van der Waals surface area contributed by atoms with Gasteiger partial charge in [-0.05, 0) is 55.4 Å². The molecule has 1 aliphatic heterocycles. The molecule has 2 aromatic carbocycles. The molecule has 6 N–H and O–H groups in total. The molecule has 0 bridgehead atoms. The molecule has 6 rings (SSSR count). The first-order valence-electron chi connectivity index (χ1n) is 13.6. The van der Waals surface area contributed by atoms with Crippen molar-refractivity contribution in [3.8, 4) is 5.75 Å². The standard InChI is InChI=1S/C30H33N3O8/c1-32(2)23-19-9-16-8-15-7-14-5-4-13(10-33-11-17(12-33)41-3)6-18(14)24(34)20(15)25(35)21(16)27(37)30(19,40)28(38)22(26(23)36)29(31)39/h4-7,16-17,19,23,34,36-37,40H,8-12H2,1-3H3,(H2,31,39)/t16-,19-,23-,30-/m0/s1. The zero-order valence-corrected chi connectivity index (χ0v) is 23.0. The molecule has 4 atom stereocenters. The average molecular weight is 564 g/mol. The number of primary amides is 1. The molecule has 1 saturated heterocycles. The van der Waals surface area contributed by atoms with Crippen LogP contribution in [0.3, 0.4) is 0 Å². The average Bonchev–Trinajstić information content (AvgIpc) is 2.88. The number of aliphatic hydroxyl groups is 3. The van der Waals surface area contributed by atoms with Crippen molar-refractivity contribution < 1.29 is 39.5 Å². The Morgan fingerprint density at radius 3 is 2.51 bits per heavy atom. The van der Waals surface area contributed by atoms with Crippen LogP contribution >= 0.6 is 0 Å². The van der Waals surface area contributed by atoms with Gasteiger partial charge >= 0.3 is 0 Å². The fourth-order valence-corrected chi connectivity index (χ4v) is 7.22. The molecular weight excluding hydrogens is 530 g/mol. The number of phenols is 1. The Kier molecular flexibility index (Phi) is 6.27. The molecule has 1 heterocycles. The number of benzene rings is 2. The number of aromatic hydroxyl groups is 1. The van der Waals surface area contributed by atoms with Gasteiger partial charge in [-0.2, -0.15) is 0 Å². The van der Waals surface area contributed by atoms with Gasteiger partial charge in [-0.15, -0.1) is 0 Å². The number of carbonyl (C=O) groups is 3. The molecule has 0 spiro atoms. The van der Waals surface area contributed by atoms with Crippen molar-refractivity contribution in [1.29, 1.82) is 0 Å². The van der Waals surface area contributed by atoms with Gasteiger partial charge in [-0.1, -0.05) is 18.2 Å². The minimum absolute atomic E-state index is 0.0128. The van der Waals surface area contributed by atoms with Gasteiger partial charge in [0.2, 0.25) is 5.78 Å². The minimum atomic E-state index is -2.65. The Morgan fingerprint density at radius 1 is 1.17 bits per heavy atom. The number of methoxy groups -OCH3 is 1. The number of likely N-dealkylation sites (N-methyl/N-ethyl adjacent to an activating group) is 1. The number of ketones is 2. The maximum atomic E-state index is 13.9. The number of ether oxygens (including phenoxy) is 1. The number of amides is 1. The van der Waals surface area contributed by atoms with Gasteiger partial charge in [0.25, 0.3) is 5.91 Å². The first-order valence-corrected chi connectivity index (χ1v) is 13.6. The van der Waals surface area contributed by atoms with Gasteiger partial charge in [0.15, 0.2) is 11.4 Å². The summed E-state index contributed by atoms with van der Waals surface area (Å²) in [5.74, 6) is -6.52. The lowest BCUT2D eigenvalue weighted by Crippen LogP contribution is -2.63. The van der Waals surface area contributed by atoms with E-state index in [0.717, 1.165) is 24.0 Å². The van der Waals surface area contributed by atoms with E-state index >= 15 is 0 Å². The maximum Gasteiger partial charge on any atom is 0.255 e. The molecule has 0 saturated carbocycles. The highest BCUT2D eigenvalue weighted by molar-refractivity contribution is 6.25. The number of nitrogens with zero attached hydrogens (tertiary/aromatic N) is 2. The molecule has 11 heteroatoms. The summed E-state index contributed by atoms with van der Waals surface area (Å²) in [7, 11) is 4.88. The summed E-state index contributed by atoms with van der Waals surface area (Å²) >= 11 is 0. The number of hydrogen-bond donors (Lipinski definition) is 5. The number of Topliss-reactive ketones (excluding diaryl/α,β-unsaturated/α-hetero) is 2. The molecule has 2 aromatic rings. The fourth-order valence-electron chi connectivity index (χ4n) is 7.22. The normalized spacial score (nSPS) is 28.6. The summed E-state index contributed by atoms with van der Waals surface area (Å²) in [6.45, 7) is 2.26. The zero-order chi connectivity index (χ0) is 29.5. The Labute approximate surface area is 236 Å². The molecule has 0 unspecified atom stereocenters. The summed E-state index contributed by atoms with van der Waals surface area (Å²) in [6.07, 6.45) is 0.517. The first kappa shape index (κ1) is 27.4. The van der Waals surface area contributed by atoms with Crippen LogP contribution in [-0.4, -0.2) is 99.7 Å². The first-order chi connectivity index (χ1) is 19.4. The van der Waals surface area contributed by atoms with Crippen LogP contribution in [0.4, 0.5) is 0 Å². The van der Waals surface area contributed by atoms with E-state index in [1.54, 1.807) is 21.2 Å². The summed E-state index contributed by atoms with van der Waals surface area (Å²) in [4.78, 5) is 43.2. The molecule has 11 nitrogen and oxygen atoms in total. The lowest BCUT2D eigenvalue weighted by molar-refractivity contribution is -0.148. The number of carbonyl (C=O) groups excluding carboxylic acids is 3. The number of hydrogen-bond acceptors (Lipinski definition) is 10. The molecule has 1 fully saturated rings. The van der Waals surface area contributed by atoms with Crippen LogP contribution < -0.4 is 5.73 Å². The molecular formula is C30H33N3O8. The van der Waals surface area contributed by atoms with E-state index in [1.807, 2.05) is 24.3 Å². The van der Waals surface area contributed by atoms with E-state index in [4.69, 9.17) is 10.5 Å². The van der Waals surface area contributed by atoms with Gasteiger partial charge in [0.1, 0.15) is 22.8 Å². The van der Waals surface area contributed by atoms with Crippen molar-refractivity contribution in [3.05, 3.63) is 63.6 Å². The van der Waals surface area contributed by atoms with E-state index in [9.17, 15) is 34.8 Å². The highest BCUT2D eigenvalue weighted by Crippen LogP contribution is 2.52. The monoisotopic (exact) mass is 563 g/mol. The van der Waals surface area contributed by atoms with Crippen molar-refractivity contribution in [1.82, 2.24) is 9.80 Å². The number of phenolic OH excluding ortho intramolecular Hbond substituents is 1. The predicted octanol–water partition coefficient (Wildman–Crippen LogP) is 1.10. The zero-order valence-electron chi connectivity index (χ0n) is 23.0. The third-order valence-electron chi connectivity index (χ3n) is 9.25. The number of fused-ring (bicyclic) bond motifs is 4. The molecule has 1 amide bonds. The van der Waals surface area contributed by atoms with Crippen LogP contribution in [0.15, 0.2) is 46.9 Å². The van der Waals surface area contributed by atoms with E-state index < -0.39 is 58.0 Å². The number of likely N-dealkylation sites (tertiary alicyclic amines) is 1. The Bertz CT molecular complexity index is 1590. The lowest BCUT2D eigenvalue weighted by atomic mass is 9.58. The van der Waals surface area contributed by atoms with E-state index in [-0.39, 0.29) is 35.8 Å². The Balaban J connectivity index is 1.44. The Morgan fingerprint density at radius 2 is 1.88 bits per heavy atom. The van der Waals surface area contributed by atoms with Gasteiger partial charge in [-0.3, -0.25) is 24.2 Å². The van der Waals surface area contributed by atoms with Crippen LogP contribution in [0.1, 0.15) is 27.9 Å². The Hall–Kier alpha value is -3.77. The van der Waals surface area contributed by atoms with Crippen LogP contribution in [0, 0.1) is 11.8 Å². The van der Waals surface area contributed by atoms with Crippen molar-refractivity contribution in [2.75, 3.05) is 34.3 Å². The second-order valence-corrected chi connectivity index (χ2v) is 11.8. The molecule has 3 aliphatic carbocycles. The lowest BCUT2D eigenvalue weighted by Gasteiger charge is -2.50. The van der Waals surface area contributed by atoms with Crippen molar-refractivity contribution in [2.45, 2.75) is 37.1 Å². The summed E-state index contributed by atoms with van der Waals surface area (Å²) in [5, 5.41) is 46.7. The topological polar surface area (TPSA) is 174 Å². The van der Waals surface area contributed by atoms with Gasteiger partial charge in [-0.25, -0.2) is 0 Å². The highest BCUT2D eigenvalue weighted by atomic mass is 16.5. The third kappa shape index (κ3) is 3.83. The SMILES string of the molecule is COC1CN(Cc2ccc3cc4c(c(O)c3c2)C(=O)C2=C(O)[C@]3(O)C(=O)C(C(N)=O)=C(O)[C@@H](N(C)C)[C@@H]3C[C@@H]2C4)C1. The summed E-state index contributed by atoms with van der Waals surface area (Å²) < 4.78 is 5.33. The van der Waals surface area contributed by atoms with Crippen LogP contribution in [0.2, 0.25) is 0 Å². The highest BCUT2D eigenvalue weighted by Gasteiger charge is 2.63. The van der Waals surface area contributed by atoms with Crippen LogP contribution in [0.5, 0.6) is 5.75 Å². The van der Waals surface area contributed by atoms with E-state index in [1.165, 1.54) is 4.90 Å². The molecule has 0 aromatic heterocycles. The predicted molar refractivity (Wildman–Crippen MR) is 147 cm³/mol. The van der Waals surface area contributed by atoms with Crippen LogP contribution in [-0.2, 0) is 27.3 Å². The quantitative estimate of drug-likeness (QED) is 0.332. The molecule has 41 heavy (non-hydrogen) atoms. The van der Waals surface area contributed by atoms with Crippen LogP contribution in [0.25, 0.3) is 10.8 Å². The number of aliphatic hydroxyl groups excluding tert-OH is 2. The summed E-state index contributed by atoms with van der Waals surface area (Å²) in [6, 6.07) is 6.55. The largest absolute Gasteiger partial charge is 0.510 e. The second kappa shape index (κ2) is 9.38. The second-order valence-electron chi connectivity index (χ2n) is 11.8. The van der Waals surface area contributed by atoms with Crippen molar-refractivity contribution >= 4 is 28.2 Å². The number of rotatable bonds is 5. The van der Waals surface area contributed by atoms with Gasteiger partial charge in [0, 0.05) is 43.6 Å². The van der Waals surface area contributed by atoms with Crippen molar-refractivity contribution in [2.24, 2.45) is 17.6 Å². The fraction of sp³-hybridized carbons (Fsp3) is 0.433. The summed E-state index contributed by atoms with van der Waals surface area (Å²) in [5.41, 5.74) is 3.30. The number of allylic oxidation sites excluding steroid dienone is 1. The molecule has 4 aliphatic rings. The van der Waals surface area contributed by atoms with Gasteiger partial charge in [0.05, 0.1) is 17.7 Å². The minimum Gasteiger partial charge on any atom is -0.510 e. The van der Waals surface area contributed by atoms with E-state index in [2.05, 4.69) is 4.90 Å². The molecule has 0 radical (unpaired) electrons. The smallest absolute Gasteiger partial charge is 0.255 e. The maximum absolute atomic E-state index is 13.9. The van der Waals surface area contributed by atoms with Gasteiger partial charge < -0.3 is 30.9 Å². The number of nitrogens with two attached hydrogens (primary N) is 1. The van der Waals surface area contributed by atoms with Crippen molar-refractivity contribution in [3.63, 3.8) is 0 Å². The third-order valence-corrected chi connectivity index (χ3v) is 9.25. The van der Waals surface area contributed by atoms with E-state index in [0.29, 0.717) is 17.5 Å².